The molecule has 0 aromatic rings. The Bertz CT molecular complexity index is 601. The summed E-state index contributed by atoms with van der Waals surface area (Å²) in [7, 11) is 0. The van der Waals surface area contributed by atoms with E-state index in [0.717, 1.165) is 0 Å². The quantitative estimate of drug-likeness (QED) is 0.150. The smallest absolute Gasteiger partial charge is 0.326 e. The molecule has 0 saturated carbocycles. The van der Waals surface area contributed by atoms with Gasteiger partial charge in [0.1, 0.15) is 18.1 Å². The highest BCUT2D eigenvalue weighted by Gasteiger charge is 2.32. The molecule has 9 N–H and O–H groups in total. The van der Waals surface area contributed by atoms with Gasteiger partial charge in [-0.3, -0.25) is 14.4 Å². The fourth-order valence-electron chi connectivity index (χ4n) is 2.77. The summed E-state index contributed by atoms with van der Waals surface area (Å²) in [5, 5.41) is 26.1. The molecule has 11 nitrogen and oxygen atoms in total. The fourth-order valence-corrected chi connectivity index (χ4v) is 2.77. The van der Waals surface area contributed by atoms with Crippen molar-refractivity contribution in [3.63, 3.8) is 0 Å². The Labute approximate surface area is 183 Å². The zero-order valence-electron chi connectivity index (χ0n) is 18.9. The molecule has 5 atom stereocenters. The number of hydrogen-bond donors (Lipinski definition) is 7. The van der Waals surface area contributed by atoms with Gasteiger partial charge in [0.15, 0.2) is 0 Å². The average molecular weight is 446 g/mol. The molecule has 0 aliphatic heterocycles. The van der Waals surface area contributed by atoms with Crippen molar-refractivity contribution >= 4 is 23.7 Å². The molecule has 0 aromatic carbocycles. The van der Waals surface area contributed by atoms with Crippen LogP contribution in [0, 0.1) is 11.8 Å². The van der Waals surface area contributed by atoms with Gasteiger partial charge in [-0.1, -0.05) is 34.1 Å². The van der Waals surface area contributed by atoms with Gasteiger partial charge in [-0.25, -0.2) is 4.79 Å². The van der Waals surface area contributed by atoms with Crippen LogP contribution in [0.3, 0.4) is 0 Å². The number of carbonyl (C=O) groups excluding carboxylic acids is 3. The molecule has 0 aromatic heterocycles. The normalized spacial score (nSPS) is 16.0. The minimum Gasteiger partial charge on any atom is -0.480 e. The molecule has 3 amide bonds. The minimum atomic E-state index is -1.37. The van der Waals surface area contributed by atoms with Crippen LogP contribution in [0.5, 0.6) is 0 Å². The maximum atomic E-state index is 12.7. The Kier molecular flexibility index (Phi) is 13.6. The number of aliphatic hydroxyl groups is 1. The Hall–Kier alpha value is -2.24. The monoisotopic (exact) mass is 445 g/mol. The summed E-state index contributed by atoms with van der Waals surface area (Å²) in [4.78, 5) is 48.9. The van der Waals surface area contributed by atoms with Gasteiger partial charge in [-0.2, -0.15) is 0 Å². The molecule has 0 fully saturated rings. The summed E-state index contributed by atoms with van der Waals surface area (Å²) in [5.41, 5.74) is 11.3. The van der Waals surface area contributed by atoms with Gasteiger partial charge in [-0.15, -0.1) is 0 Å². The summed E-state index contributed by atoms with van der Waals surface area (Å²) in [6, 6.07) is -4.31. The third kappa shape index (κ3) is 10.1. The predicted molar refractivity (Wildman–Crippen MR) is 116 cm³/mol. The van der Waals surface area contributed by atoms with Gasteiger partial charge in [-0.05, 0) is 37.6 Å². The van der Waals surface area contributed by atoms with E-state index < -0.39 is 54.5 Å². The van der Waals surface area contributed by atoms with Gasteiger partial charge >= 0.3 is 5.97 Å². The fraction of sp³-hybridized carbons (Fsp3) is 0.800. The van der Waals surface area contributed by atoms with Crippen LogP contribution in [-0.4, -0.2) is 71.2 Å². The molecular weight excluding hydrogens is 406 g/mol. The predicted octanol–water partition coefficient (Wildman–Crippen LogP) is -1.32. The molecule has 5 unspecified atom stereocenters. The lowest BCUT2D eigenvalue weighted by Crippen LogP contribution is -2.59. The molecule has 0 bridgehead atoms. The van der Waals surface area contributed by atoms with E-state index in [9.17, 15) is 29.4 Å². The highest BCUT2D eigenvalue weighted by molar-refractivity contribution is 5.94. The van der Waals surface area contributed by atoms with E-state index in [-0.39, 0.29) is 18.3 Å². The maximum absolute atomic E-state index is 12.7. The summed E-state index contributed by atoms with van der Waals surface area (Å²) in [5.74, 6) is -3.62. The van der Waals surface area contributed by atoms with Gasteiger partial charge in [0.2, 0.25) is 17.7 Å². The minimum absolute atomic E-state index is 0.0842. The summed E-state index contributed by atoms with van der Waals surface area (Å²) < 4.78 is 0. The molecule has 0 saturated heterocycles. The lowest BCUT2D eigenvalue weighted by molar-refractivity contribution is -0.143. The second-order valence-electron chi connectivity index (χ2n) is 8.07. The molecule has 31 heavy (non-hydrogen) atoms. The van der Waals surface area contributed by atoms with Crippen molar-refractivity contribution in [1.82, 2.24) is 16.0 Å². The number of carbonyl (C=O) groups is 4. The van der Waals surface area contributed by atoms with E-state index >= 15 is 0 Å². The van der Waals surface area contributed by atoms with E-state index in [1.807, 2.05) is 13.8 Å². The van der Waals surface area contributed by atoms with Crippen LogP contribution in [0.1, 0.15) is 53.4 Å². The first-order valence-corrected chi connectivity index (χ1v) is 10.7. The molecular formula is C20H39N5O6. The summed E-state index contributed by atoms with van der Waals surface area (Å²) in [6.07, 6.45) is 1.97. The third-order valence-corrected chi connectivity index (χ3v) is 5.18. The largest absolute Gasteiger partial charge is 0.480 e. The van der Waals surface area contributed by atoms with E-state index in [2.05, 4.69) is 16.0 Å². The number of carboxylic acids is 1. The Balaban J connectivity index is 5.13. The van der Waals surface area contributed by atoms with E-state index in [4.69, 9.17) is 11.5 Å². The second-order valence-corrected chi connectivity index (χ2v) is 8.07. The Morgan fingerprint density at radius 2 is 1.48 bits per heavy atom. The SMILES string of the molecule is CCC(C)C(N)C(=O)NC(C(=O)NC(CO)C(=O)NC(CCCCN)C(=O)O)C(C)C. The van der Waals surface area contributed by atoms with Crippen molar-refractivity contribution in [1.29, 1.82) is 0 Å². The first kappa shape index (κ1) is 28.8. The van der Waals surface area contributed by atoms with Gasteiger partial charge < -0.3 is 37.6 Å². The van der Waals surface area contributed by atoms with E-state index in [1.54, 1.807) is 13.8 Å². The third-order valence-electron chi connectivity index (χ3n) is 5.18. The van der Waals surface area contributed by atoms with Gasteiger partial charge in [0.05, 0.1) is 12.6 Å². The lowest BCUT2D eigenvalue weighted by atomic mass is 9.97. The molecule has 0 heterocycles. The van der Waals surface area contributed by atoms with Crippen LogP contribution in [0.2, 0.25) is 0 Å². The number of unbranched alkanes of at least 4 members (excludes halogenated alkanes) is 1. The summed E-state index contributed by atoms with van der Waals surface area (Å²) >= 11 is 0. The molecule has 180 valence electrons. The van der Waals surface area contributed by atoms with E-state index in [0.29, 0.717) is 25.8 Å². The number of amides is 3. The molecule has 0 spiro atoms. The number of nitrogens with one attached hydrogen (secondary N) is 3. The molecule has 0 radical (unpaired) electrons. The number of aliphatic carboxylic acids is 1. The number of rotatable bonds is 15. The zero-order chi connectivity index (χ0) is 24.1. The molecule has 11 heteroatoms. The highest BCUT2D eigenvalue weighted by Crippen LogP contribution is 2.08. The number of carboxylic acid groups (broad SMARTS) is 1. The number of nitrogens with two attached hydrogens (primary N) is 2. The van der Waals surface area contributed by atoms with Crippen molar-refractivity contribution in [2.45, 2.75) is 77.5 Å². The van der Waals surface area contributed by atoms with Crippen LogP contribution in [0.4, 0.5) is 0 Å². The molecule has 0 aliphatic rings. The van der Waals surface area contributed by atoms with Gasteiger partial charge in [0.25, 0.3) is 0 Å². The van der Waals surface area contributed by atoms with E-state index in [1.165, 1.54) is 0 Å². The van der Waals surface area contributed by atoms with Crippen LogP contribution in [-0.2, 0) is 19.2 Å². The first-order chi connectivity index (χ1) is 14.5. The van der Waals surface area contributed by atoms with Crippen molar-refractivity contribution in [3.05, 3.63) is 0 Å². The van der Waals surface area contributed by atoms with Crippen LogP contribution in [0.15, 0.2) is 0 Å². The Morgan fingerprint density at radius 1 is 0.903 bits per heavy atom. The second kappa shape index (κ2) is 14.7. The topological polar surface area (TPSA) is 197 Å². The summed E-state index contributed by atoms with van der Waals surface area (Å²) in [6.45, 7) is 6.81. The highest BCUT2D eigenvalue weighted by atomic mass is 16.4. The molecule has 0 aliphatic carbocycles. The van der Waals surface area contributed by atoms with Crippen LogP contribution < -0.4 is 27.4 Å². The van der Waals surface area contributed by atoms with Crippen molar-refractivity contribution in [2.24, 2.45) is 23.3 Å². The van der Waals surface area contributed by atoms with Crippen molar-refractivity contribution in [2.75, 3.05) is 13.2 Å². The van der Waals surface area contributed by atoms with Crippen molar-refractivity contribution in [3.8, 4) is 0 Å². The Morgan fingerprint density at radius 3 is 1.94 bits per heavy atom. The van der Waals surface area contributed by atoms with Crippen LogP contribution in [0.25, 0.3) is 0 Å². The average Bonchev–Trinajstić information content (AvgIpc) is 2.72. The number of hydrogen-bond acceptors (Lipinski definition) is 7. The zero-order valence-corrected chi connectivity index (χ0v) is 18.9. The van der Waals surface area contributed by atoms with Gasteiger partial charge in [0, 0.05) is 0 Å². The number of aliphatic hydroxyl groups excluding tert-OH is 1. The molecule has 0 rings (SSSR count). The maximum Gasteiger partial charge on any atom is 0.326 e. The van der Waals surface area contributed by atoms with Crippen LogP contribution >= 0.6 is 0 Å². The first-order valence-electron chi connectivity index (χ1n) is 10.7. The lowest BCUT2D eigenvalue weighted by Gasteiger charge is -2.27. The standard InChI is InChI=1S/C20H39N5O6/c1-5-12(4)15(22)18(28)25-16(11(2)3)19(29)24-14(10-26)17(27)23-13(20(30)31)8-6-7-9-21/h11-16,26H,5-10,21-22H2,1-4H3,(H,23,27)(H,24,29)(H,25,28)(H,30,31). The van der Waals surface area contributed by atoms with Crippen molar-refractivity contribution < 1.29 is 29.4 Å².